The molecule has 0 radical (unpaired) electrons. The number of aromatic nitrogens is 2. The molecule has 16 heavy (non-hydrogen) atoms. The topological polar surface area (TPSA) is 29.9 Å². The van der Waals surface area contributed by atoms with E-state index < -0.39 is 0 Å². The van der Waals surface area contributed by atoms with Crippen molar-refractivity contribution in [3.05, 3.63) is 18.0 Å². The lowest BCUT2D eigenvalue weighted by Crippen LogP contribution is -2.15. The molecule has 0 aromatic carbocycles. The Labute approximate surface area is 97.2 Å². The van der Waals surface area contributed by atoms with E-state index in [0.717, 1.165) is 18.4 Å². The van der Waals surface area contributed by atoms with E-state index in [1.165, 1.54) is 50.9 Å². The van der Waals surface area contributed by atoms with E-state index in [0.29, 0.717) is 0 Å². The normalized spacial score (nSPS) is 26.6. The van der Waals surface area contributed by atoms with Crippen molar-refractivity contribution in [1.29, 1.82) is 0 Å². The molecule has 1 aromatic heterocycles. The highest BCUT2D eigenvalue weighted by Crippen LogP contribution is 2.33. The first-order valence-electron chi connectivity index (χ1n) is 6.66. The number of rotatable bonds is 3. The Morgan fingerprint density at radius 3 is 3.06 bits per heavy atom. The van der Waals surface area contributed by atoms with E-state index in [9.17, 15) is 0 Å². The van der Waals surface area contributed by atoms with E-state index in [2.05, 4.69) is 21.2 Å². The second kappa shape index (κ2) is 4.58. The third-order valence-electron chi connectivity index (χ3n) is 3.87. The Balaban J connectivity index is 1.72. The monoisotopic (exact) mass is 219 g/mol. The zero-order valence-electron chi connectivity index (χ0n) is 9.86. The van der Waals surface area contributed by atoms with Gasteiger partial charge in [0, 0.05) is 24.4 Å². The van der Waals surface area contributed by atoms with Crippen molar-refractivity contribution in [1.82, 2.24) is 15.1 Å². The highest BCUT2D eigenvalue weighted by molar-refractivity contribution is 5.09. The van der Waals surface area contributed by atoms with Crippen molar-refractivity contribution in [3.8, 4) is 0 Å². The molecule has 0 amide bonds. The lowest BCUT2D eigenvalue weighted by Gasteiger charge is -2.15. The van der Waals surface area contributed by atoms with Gasteiger partial charge in [-0.05, 0) is 57.2 Å². The third kappa shape index (κ3) is 2.29. The summed E-state index contributed by atoms with van der Waals surface area (Å²) in [6, 6.07) is 2.23. The van der Waals surface area contributed by atoms with Crippen molar-refractivity contribution in [2.24, 2.45) is 5.92 Å². The molecule has 1 atom stereocenters. The van der Waals surface area contributed by atoms with Crippen LogP contribution in [0.4, 0.5) is 0 Å². The molecule has 88 valence electrons. The minimum atomic E-state index is 0.733. The van der Waals surface area contributed by atoms with E-state index in [1.807, 2.05) is 6.20 Å². The van der Waals surface area contributed by atoms with Gasteiger partial charge < -0.3 is 5.32 Å². The van der Waals surface area contributed by atoms with Crippen molar-refractivity contribution >= 4 is 0 Å². The molecule has 0 spiro atoms. The molecule has 2 aliphatic rings. The van der Waals surface area contributed by atoms with Gasteiger partial charge in [0.05, 0.1) is 0 Å². The van der Waals surface area contributed by atoms with Crippen molar-refractivity contribution in [2.45, 2.75) is 44.6 Å². The van der Waals surface area contributed by atoms with Crippen LogP contribution in [0.1, 0.15) is 43.7 Å². The molecule has 0 bridgehead atoms. The number of hydrogen-bond acceptors (Lipinski definition) is 2. The van der Waals surface area contributed by atoms with Gasteiger partial charge in [-0.25, -0.2) is 0 Å². The number of hydrogen-bond donors (Lipinski definition) is 1. The Kier molecular flexibility index (Phi) is 2.96. The summed E-state index contributed by atoms with van der Waals surface area (Å²) in [5.74, 6) is 1.65. The molecule has 2 fully saturated rings. The fourth-order valence-corrected chi connectivity index (χ4v) is 2.70. The fourth-order valence-electron chi connectivity index (χ4n) is 2.70. The van der Waals surface area contributed by atoms with Crippen LogP contribution in [0.2, 0.25) is 0 Å². The van der Waals surface area contributed by atoms with Crippen LogP contribution in [0.3, 0.4) is 0 Å². The molecular formula is C13H21N3. The first-order chi connectivity index (χ1) is 7.93. The van der Waals surface area contributed by atoms with E-state index in [-0.39, 0.29) is 0 Å². The molecule has 3 rings (SSSR count). The second-order valence-corrected chi connectivity index (χ2v) is 5.26. The molecular weight excluding hydrogens is 198 g/mol. The zero-order chi connectivity index (χ0) is 10.8. The maximum Gasteiger partial charge on any atom is 0.0492 e. The average molecular weight is 219 g/mol. The van der Waals surface area contributed by atoms with E-state index >= 15 is 0 Å². The molecule has 3 heteroatoms. The maximum absolute atomic E-state index is 4.50. The van der Waals surface area contributed by atoms with Crippen LogP contribution in [0, 0.1) is 5.92 Å². The molecule has 1 saturated heterocycles. The van der Waals surface area contributed by atoms with Gasteiger partial charge in [0.15, 0.2) is 0 Å². The summed E-state index contributed by atoms with van der Waals surface area (Å²) >= 11 is 0. The number of nitrogens with zero attached hydrogens (tertiary/aromatic N) is 2. The van der Waals surface area contributed by atoms with Gasteiger partial charge in [0.25, 0.3) is 0 Å². The highest BCUT2D eigenvalue weighted by atomic mass is 15.3. The Morgan fingerprint density at radius 2 is 2.19 bits per heavy atom. The van der Waals surface area contributed by atoms with Crippen molar-refractivity contribution < 1.29 is 0 Å². The minimum Gasteiger partial charge on any atom is -0.317 e. The van der Waals surface area contributed by atoms with Crippen LogP contribution in [0.15, 0.2) is 12.3 Å². The van der Waals surface area contributed by atoms with Gasteiger partial charge >= 0.3 is 0 Å². The summed E-state index contributed by atoms with van der Waals surface area (Å²) in [6.45, 7) is 3.51. The fraction of sp³-hybridized carbons (Fsp3) is 0.769. The third-order valence-corrected chi connectivity index (χ3v) is 3.87. The molecule has 1 saturated carbocycles. The van der Waals surface area contributed by atoms with E-state index in [4.69, 9.17) is 0 Å². The quantitative estimate of drug-likeness (QED) is 0.844. The van der Waals surface area contributed by atoms with Crippen LogP contribution in [-0.4, -0.2) is 22.9 Å². The zero-order valence-corrected chi connectivity index (χ0v) is 9.86. The molecule has 2 heterocycles. The molecule has 1 aromatic rings. The predicted octanol–water partition coefficient (Wildman–Crippen LogP) is 2.15. The summed E-state index contributed by atoms with van der Waals surface area (Å²) < 4.78 is 2.27. The van der Waals surface area contributed by atoms with E-state index in [1.54, 1.807) is 0 Å². The lowest BCUT2D eigenvalue weighted by molar-refractivity contribution is 0.489. The van der Waals surface area contributed by atoms with Crippen molar-refractivity contribution in [3.63, 3.8) is 0 Å². The van der Waals surface area contributed by atoms with Gasteiger partial charge in [0.2, 0.25) is 0 Å². The number of nitrogens with one attached hydrogen (secondary N) is 1. The summed E-state index contributed by atoms with van der Waals surface area (Å²) in [4.78, 5) is 0. The Bertz CT molecular complexity index is 333. The Morgan fingerprint density at radius 1 is 1.25 bits per heavy atom. The Hall–Kier alpha value is -0.830. The minimum absolute atomic E-state index is 0.733. The first kappa shape index (κ1) is 10.3. The lowest BCUT2D eigenvalue weighted by atomic mass is 9.97. The van der Waals surface area contributed by atoms with Crippen LogP contribution >= 0.6 is 0 Å². The summed E-state index contributed by atoms with van der Waals surface area (Å²) in [5.41, 5.74) is 1.48. The molecule has 1 N–H and O–H groups in total. The predicted molar refractivity (Wildman–Crippen MR) is 64.4 cm³/mol. The van der Waals surface area contributed by atoms with Crippen LogP contribution < -0.4 is 5.32 Å². The SMILES string of the molecule is c1cc(C2CCCNCC2)n(CC2CC2)n1. The molecule has 1 aliphatic heterocycles. The smallest absolute Gasteiger partial charge is 0.0492 e. The molecule has 1 unspecified atom stereocenters. The van der Waals surface area contributed by atoms with Gasteiger partial charge in [-0.1, -0.05) is 0 Å². The average Bonchev–Trinajstić information content (AvgIpc) is 3.04. The van der Waals surface area contributed by atoms with Gasteiger partial charge in [0.1, 0.15) is 0 Å². The summed E-state index contributed by atoms with van der Waals surface area (Å²) in [5, 5.41) is 7.98. The second-order valence-electron chi connectivity index (χ2n) is 5.26. The van der Waals surface area contributed by atoms with Crippen LogP contribution in [0.5, 0.6) is 0 Å². The van der Waals surface area contributed by atoms with Gasteiger partial charge in [-0.3, -0.25) is 4.68 Å². The largest absolute Gasteiger partial charge is 0.317 e. The summed E-state index contributed by atoms with van der Waals surface area (Å²) in [7, 11) is 0. The first-order valence-corrected chi connectivity index (χ1v) is 6.66. The summed E-state index contributed by atoms with van der Waals surface area (Å²) in [6.07, 6.45) is 8.70. The van der Waals surface area contributed by atoms with Crippen LogP contribution in [0.25, 0.3) is 0 Å². The molecule has 1 aliphatic carbocycles. The van der Waals surface area contributed by atoms with Gasteiger partial charge in [-0.15, -0.1) is 0 Å². The van der Waals surface area contributed by atoms with Crippen molar-refractivity contribution in [2.75, 3.05) is 13.1 Å². The molecule has 3 nitrogen and oxygen atoms in total. The highest BCUT2D eigenvalue weighted by Gasteiger charge is 2.25. The maximum atomic E-state index is 4.50. The van der Waals surface area contributed by atoms with Crippen LogP contribution in [-0.2, 0) is 6.54 Å². The van der Waals surface area contributed by atoms with Gasteiger partial charge in [-0.2, -0.15) is 5.10 Å². The standard InChI is InChI=1S/C13H21N3/c1-2-12(5-8-14-7-1)13-6-9-15-16(13)10-11-3-4-11/h6,9,11-12,14H,1-5,7-8,10H2.